The van der Waals surface area contributed by atoms with Gasteiger partial charge < -0.3 is 30.2 Å². The highest BCUT2D eigenvalue weighted by Crippen LogP contribution is 2.17. The number of amides is 6. The maximum absolute atomic E-state index is 12.4. The second-order valence-electron chi connectivity index (χ2n) is 8.69. The Balaban J connectivity index is 1.24. The molecule has 0 saturated carbocycles. The van der Waals surface area contributed by atoms with Crippen LogP contribution in [0.2, 0.25) is 0 Å². The van der Waals surface area contributed by atoms with E-state index in [9.17, 15) is 19.2 Å². The van der Waals surface area contributed by atoms with Crippen molar-refractivity contribution in [2.45, 2.75) is 6.42 Å². The van der Waals surface area contributed by atoms with Crippen molar-refractivity contribution < 1.29 is 19.2 Å². The van der Waals surface area contributed by atoms with Gasteiger partial charge in [0.25, 0.3) is 0 Å². The molecule has 10 nitrogen and oxygen atoms in total. The minimum absolute atomic E-state index is 0.161. The normalized spacial score (nSPS) is 16.0. The van der Waals surface area contributed by atoms with Crippen LogP contribution in [-0.2, 0) is 16.0 Å². The molecule has 2 N–H and O–H groups in total. The number of piperazine rings is 2. The summed E-state index contributed by atoms with van der Waals surface area (Å²) in [4.78, 5) is 53.2. The molecule has 35 heavy (non-hydrogen) atoms. The smallest absolute Gasteiger partial charge is 0.321 e. The first-order valence-electron chi connectivity index (χ1n) is 11.7. The number of carbonyl (C=O) groups is 4. The van der Waals surface area contributed by atoms with Crippen LogP contribution < -0.4 is 10.6 Å². The summed E-state index contributed by atoms with van der Waals surface area (Å²) in [5, 5.41) is 5.82. The lowest BCUT2D eigenvalue weighted by Crippen LogP contribution is -2.49. The Bertz CT molecular complexity index is 943. The highest BCUT2D eigenvalue weighted by molar-refractivity contribution is 5.90. The van der Waals surface area contributed by atoms with E-state index in [-0.39, 0.29) is 12.1 Å². The third kappa shape index (κ3) is 6.50. The maximum atomic E-state index is 12.4. The lowest BCUT2D eigenvalue weighted by Gasteiger charge is -2.32. The molecular formula is C25H30N6O4. The molecule has 2 saturated heterocycles. The molecule has 4 rings (SSSR count). The van der Waals surface area contributed by atoms with E-state index in [1.807, 2.05) is 48.5 Å². The van der Waals surface area contributed by atoms with Gasteiger partial charge in [0.15, 0.2) is 0 Å². The topological polar surface area (TPSA) is 105 Å². The number of nitrogens with zero attached hydrogens (tertiary/aromatic N) is 4. The van der Waals surface area contributed by atoms with E-state index in [0.29, 0.717) is 52.4 Å². The molecule has 0 aromatic heterocycles. The summed E-state index contributed by atoms with van der Waals surface area (Å²) >= 11 is 0. The first-order chi connectivity index (χ1) is 17.0. The van der Waals surface area contributed by atoms with Crippen molar-refractivity contribution in [1.29, 1.82) is 0 Å². The number of hydrogen-bond donors (Lipinski definition) is 2. The van der Waals surface area contributed by atoms with Gasteiger partial charge in [0, 0.05) is 63.7 Å². The van der Waals surface area contributed by atoms with Crippen molar-refractivity contribution >= 4 is 36.3 Å². The van der Waals surface area contributed by atoms with Crippen molar-refractivity contribution in [3.8, 4) is 0 Å². The van der Waals surface area contributed by atoms with Gasteiger partial charge in [-0.15, -0.1) is 0 Å². The van der Waals surface area contributed by atoms with E-state index in [0.717, 1.165) is 41.7 Å². The summed E-state index contributed by atoms with van der Waals surface area (Å²) in [5.74, 6) is 0. The molecule has 2 aliphatic rings. The van der Waals surface area contributed by atoms with Crippen LogP contribution in [0.4, 0.5) is 21.0 Å². The van der Waals surface area contributed by atoms with E-state index < -0.39 is 0 Å². The van der Waals surface area contributed by atoms with Crippen LogP contribution in [0.15, 0.2) is 48.5 Å². The molecule has 6 amide bonds. The Morgan fingerprint density at radius 3 is 1.26 bits per heavy atom. The monoisotopic (exact) mass is 478 g/mol. The summed E-state index contributed by atoms with van der Waals surface area (Å²) in [6.07, 6.45) is 2.36. The average molecular weight is 479 g/mol. The zero-order chi connectivity index (χ0) is 24.6. The molecule has 0 radical (unpaired) electrons. The Morgan fingerprint density at radius 2 is 0.943 bits per heavy atom. The molecule has 10 heteroatoms. The van der Waals surface area contributed by atoms with Crippen molar-refractivity contribution in [3.05, 3.63) is 59.7 Å². The molecule has 2 heterocycles. The van der Waals surface area contributed by atoms with Gasteiger partial charge in [0.1, 0.15) is 0 Å². The summed E-state index contributed by atoms with van der Waals surface area (Å²) in [6, 6.07) is 15.1. The zero-order valence-electron chi connectivity index (χ0n) is 19.6. The SMILES string of the molecule is O=CN1CCN(C(=O)Nc2ccc(Cc3ccc(NC(=O)N4CCN(C=O)CC4)cc3)cc2)CC1. The molecule has 0 unspecified atom stereocenters. The van der Waals surface area contributed by atoms with E-state index in [1.54, 1.807) is 19.6 Å². The van der Waals surface area contributed by atoms with Crippen LogP contribution in [0.1, 0.15) is 11.1 Å². The number of urea groups is 2. The Morgan fingerprint density at radius 1 is 0.600 bits per heavy atom. The van der Waals surface area contributed by atoms with Crippen LogP contribution in [0.5, 0.6) is 0 Å². The third-order valence-corrected chi connectivity index (χ3v) is 6.32. The van der Waals surface area contributed by atoms with Crippen LogP contribution in [0.25, 0.3) is 0 Å². The van der Waals surface area contributed by atoms with Crippen LogP contribution in [-0.4, -0.2) is 96.8 Å². The Kier molecular flexibility index (Phi) is 7.81. The highest BCUT2D eigenvalue weighted by Gasteiger charge is 2.21. The van der Waals surface area contributed by atoms with Crippen molar-refractivity contribution in [2.75, 3.05) is 63.0 Å². The number of benzene rings is 2. The molecule has 0 atom stereocenters. The Labute approximate surface area is 204 Å². The van der Waals surface area contributed by atoms with Gasteiger partial charge in [0.05, 0.1) is 0 Å². The van der Waals surface area contributed by atoms with Gasteiger partial charge in [-0.25, -0.2) is 9.59 Å². The maximum Gasteiger partial charge on any atom is 0.321 e. The van der Waals surface area contributed by atoms with E-state index in [2.05, 4.69) is 10.6 Å². The van der Waals surface area contributed by atoms with E-state index >= 15 is 0 Å². The fourth-order valence-corrected chi connectivity index (χ4v) is 4.11. The average Bonchev–Trinajstić information content (AvgIpc) is 2.91. The number of hydrogen-bond acceptors (Lipinski definition) is 4. The fraction of sp³-hybridized carbons (Fsp3) is 0.360. The van der Waals surface area contributed by atoms with Crippen LogP contribution >= 0.6 is 0 Å². The van der Waals surface area contributed by atoms with Crippen molar-refractivity contribution in [3.63, 3.8) is 0 Å². The first-order valence-corrected chi connectivity index (χ1v) is 11.7. The Hall–Kier alpha value is -4.08. The van der Waals surface area contributed by atoms with E-state index in [4.69, 9.17) is 0 Å². The zero-order valence-corrected chi connectivity index (χ0v) is 19.6. The summed E-state index contributed by atoms with van der Waals surface area (Å²) in [7, 11) is 0. The largest absolute Gasteiger partial charge is 0.342 e. The minimum Gasteiger partial charge on any atom is -0.342 e. The molecule has 0 aliphatic carbocycles. The molecule has 0 spiro atoms. The fourth-order valence-electron chi connectivity index (χ4n) is 4.11. The molecule has 2 aromatic rings. The first kappa shape index (κ1) is 24.1. The predicted octanol–water partition coefficient (Wildman–Crippen LogP) is 1.89. The summed E-state index contributed by atoms with van der Waals surface area (Å²) in [6.45, 7) is 4.30. The molecule has 2 aromatic carbocycles. The standard InChI is InChI=1S/C25H30N6O4/c32-18-28-9-13-30(14-10-28)24(34)26-22-5-1-20(2-6-22)17-21-3-7-23(8-4-21)27-25(35)31-15-11-29(19-33)12-16-31/h1-8,18-19H,9-17H2,(H,26,34)(H,27,35). The van der Waals surface area contributed by atoms with Gasteiger partial charge in [-0.1, -0.05) is 24.3 Å². The van der Waals surface area contributed by atoms with Gasteiger partial charge in [-0.05, 0) is 41.8 Å². The molecular weight excluding hydrogens is 448 g/mol. The number of rotatable bonds is 6. The summed E-state index contributed by atoms with van der Waals surface area (Å²) < 4.78 is 0. The minimum atomic E-state index is -0.161. The van der Waals surface area contributed by atoms with Crippen molar-refractivity contribution in [1.82, 2.24) is 19.6 Å². The molecule has 184 valence electrons. The lowest BCUT2D eigenvalue weighted by atomic mass is 10.0. The summed E-state index contributed by atoms with van der Waals surface area (Å²) in [5.41, 5.74) is 3.66. The van der Waals surface area contributed by atoms with Gasteiger partial charge in [-0.3, -0.25) is 9.59 Å². The molecule has 0 bridgehead atoms. The van der Waals surface area contributed by atoms with Gasteiger partial charge in [-0.2, -0.15) is 0 Å². The quantitative estimate of drug-likeness (QED) is 0.619. The van der Waals surface area contributed by atoms with Gasteiger partial charge in [0.2, 0.25) is 12.8 Å². The second-order valence-corrected chi connectivity index (χ2v) is 8.69. The molecule has 2 aliphatic heterocycles. The van der Waals surface area contributed by atoms with Crippen LogP contribution in [0.3, 0.4) is 0 Å². The lowest BCUT2D eigenvalue weighted by molar-refractivity contribution is -0.120. The number of nitrogens with one attached hydrogen (secondary N) is 2. The van der Waals surface area contributed by atoms with E-state index in [1.165, 1.54) is 0 Å². The van der Waals surface area contributed by atoms with Gasteiger partial charge >= 0.3 is 12.1 Å². The highest BCUT2D eigenvalue weighted by atomic mass is 16.2. The second kappa shape index (κ2) is 11.4. The number of carbonyl (C=O) groups excluding carboxylic acids is 4. The van der Waals surface area contributed by atoms with Crippen LogP contribution in [0, 0.1) is 0 Å². The predicted molar refractivity (Wildman–Crippen MR) is 132 cm³/mol. The molecule has 2 fully saturated rings. The van der Waals surface area contributed by atoms with Crippen molar-refractivity contribution in [2.24, 2.45) is 0 Å². The third-order valence-electron chi connectivity index (χ3n) is 6.32. The number of anilines is 2.